The molecule has 0 bridgehead atoms. The molecule has 0 heterocycles. The lowest BCUT2D eigenvalue weighted by Crippen LogP contribution is -2.34. The fourth-order valence-corrected chi connectivity index (χ4v) is 3.88. The van der Waals surface area contributed by atoms with Gasteiger partial charge in [-0.2, -0.15) is 0 Å². The van der Waals surface area contributed by atoms with Gasteiger partial charge < -0.3 is 20.1 Å². The number of anilines is 2. The molecule has 200 valence electrons. The third-order valence-corrected chi connectivity index (χ3v) is 5.67. The molecular formula is C26H28N4O8. The molecule has 12 heteroatoms. The van der Waals surface area contributed by atoms with Crippen molar-refractivity contribution in [3.8, 4) is 0 Å². The van der Waals surface area contributed by atoms with E-state index >= 15 is 0 Å². The second-order valence-corrected chi connectivity index (χ2v) is 8.77. The Hall–Kier alpha value is -4.42. The van der Waals surface area contributed by atoms with Gasteiger partial charge in [-0.05, 0) is 50.5 Å². The highest BCUT2D eigenvalue weighted by atomic mass is 16.5. The Bertz CT molecular complexity index is 1210. The number of fused-ring (bicyclic) bond motifs is 2. The minimum Gasteiger partial charge on any atom is -0.468 e. The zero-order valence-corrected chi connectivity index (χ0v) is 21.5. The van der Waals surface area contributed by atoms with E-state index in [1.807, 2.05) is 0 Å². The number of carbonyl (C=O) groups is 6. The van der Waals surface area contributed by atoms with Crippen molar-refractivity contribution in [1.82, 2.24) is 9.80 Å². The van der Waals surface area contributed by atoms with Crippen molar-refractivity contribution in [3.63, 3.8) is 0 Å². The summed E-state index contributed by atoms with van der Waals surface area (Å²) in [5.41, 5.74) is 1.28. The molecule has 2 aromatic rings. The molecule has 38 heavy (non-hydrogen) atoms. The second kappa shape index (κ2) is 12.2. The van der Waals surface area contributed by atoms with Gasteiger partial charge in [-0.15, -0.1) is 0 Å². The van der Waals surface area contributed by atoms with Crippen LogP contribution in [0.15, 0.2) is 36.4 Å². The summed E-state index contributed by atoms with van der Waals surface area (Å²) in [7, 11) is 5.68. The lowest BCUT2D eigenvalue weighted by Gasteiger charge is -2.20. The molecule has 0 unspecified atom stereocenters. The Labute approximate surface area is 218 Å². The average Bonchev–Trinajstić information content (AvgIpc) is 2.86. The SMILES string of the molecule is COC(=O)CN(C)CC(=O)Nc1ccc2c(c1)C(=O)c1ccc(NC(=O)CN(C)CC(=O)OC)cc1C2=O. The number of rotatable bonds is 10. The van der Waals surface area contributed by atoms with Crippen LogP contribution in [0.1, 0.15) is 31.8 Å². The highest BCUT2D eigenvalue weighted by molar-refractivity contribution is 6.29. The van der Waals surface area contributed by atoms with Crippen LogP contribution in [-0.4, -0.2) is 99.6 Å². The first kappa shape index (κ1) is 28.2. The number of nitrogens with zero attached hydrogens (tertiary/aromatic N) is 2. The molecule has 12 nitrogen and oxygen atoms in total. The first-order valence-electron chi connectivity index (χ1n) is 11.5. The van der Waals surface area contributed by atoms with Crippen molar-refractivity contribution in [2.75, 3.05) is 65.1 Å². The first-order chi connectivity index (χ1) is 18.0. The molecule has 0 aliphatic heterocycles. The predicted molar refractivity (Wildman–Crippen MR) is 136 cm³/mol. The standard InChI is InChI=1S/C26H28N4O8/c1-29(13-23(33)37-3)11-21(31)27-15-5-7-17-19(9-15)25(35)18-8-6-16(10-20(18)26(17)36)28-22(32)12-30(2)14-24(34)38-4/h5-10H,11-14H2,1-4H3,(H,27,31)(H,28,32). The van der Waals surface area contributed by atoms with Crippen molar-refractivity contribution in [1.29, 1.82) is 0 Å². The van der Waals surface area contributed by atoms with Crippen LogP contribution in [0.3, 0.4) is 0 Å². The summed E-state index contributed by atoms with van der Waals surface area (Å²) >= 11 is 0. The van der Waals surface area contributed by atoms with Crippen LogP contribution in [0.5, 0.6) is 0 Å². The number of hydrogen-bond donors (Lipinski definition) is 2. The summed E-state index contributed by atoms with van der Waals surface area (Å²) in [6.45, 7) is -0.307. The summed E-state index contributed by atoms with van der Waals surface area (Å²) in [5.74, 6) is -2.59. The number of nitrogens with one attached hydrogen (secondary N) is 2. The topological polar surface area (TPSA) is 151 Å². The van der Waals surface area contributed by atoms with Crippen molar-refractivity contribution in [2.24, 2.45) is 0 Å². The van der Waals surface area contributed by atoms with Crippen LogP contribution in [0.2, 0.25) is 0 Å². The summed E-state index contributed by atoms with van der Waals surface area (Å²) in [6, 6.07) is 8.80. The molecule has 2 aromatic carbocycles. The van der Waals surface area contributed by atoms with Crippen molar-refractivity contribution in [2.45, 2.75) is 0 Å². The van der Waals surface area contributed by atoms with Crippen LogP contribution >= 0.6 is 0 Å². The lowest BCUT2D eigenvalue weighted by atomic mass is 9.83. The number of hydrogen-bond acceptors (Lipinski definition) is 10. The highest BCUT2D eigenvalue weighted by Crippen LogP contribution is 2.31. The molecule has 1 aliphatic carbocycles. The van der Waals surface area contributed by atoms with E-state index in [0.717, 1.165) is 0 Å². The minimum atomic E-state index is -0.481. The summed E-state index contributed by atoms with van der Waals surface area (Å²) in [4.78, 5) is 76.7. The third kappa shape index (κ3) is 6.87. The number of methoxy groups -OCH3 is 2. The van der Waals surface area contributed by atoms with Crippen LogP contribution in [0.25, 0.3) is 0 Å². The van der Waals surface area contributed by atoms with Gasteiger partial charge in [-0.1, -0.05) is 0 Å². The first-order valence-corrected chi connectivity index (χ1v) is 11.5. The molecule has 2 N–H and O–H groups in total. The predicted octanol–water partition coefficient (Wildman–Crippen LogP) is 0.549. The molecule has 0 aromatic heterocycles. The second-order valence-electron chi connectivity index (χ2n) is 8.77. The Morgan fingerprint density at radius 1 is 0.632 bits per heavy atom. The van der Waals surface area contributed by atoms with Crippen molar-refractivity contribution < 1.29 is 38.2 Å². The number of esters is 2. The van der Waals surface area contributed by atoms with E-state index in [1.54, 1.807) is 14.1 Å². The van der Waals surface area contributed by atoms with Crippen LogP contribution in [-0.2, 0) is 28.7 Å². The summed E-state index contributed by atoms with van der Waals surface area (Å²) in [6.07, 6.45) is 0. The monoisotopic (exact) mass is 524 g/mol. The smallest absolute Gasteiger partial charge is 0.319 e. The Kier molecular flexibility index (Phi) is 9.05. The molecule has 3 rings (SSSR count). The van der Waals surface area contributed by atoms with E-state index in [4.69, 9.17) is 0 Å². The van der Waals surface area contributed by atoms with E-state index in [9.17, 15) is 28.8 Å². The third-order valence-electron chi connectivity index (χ3n) is 5.67. The number of benzene rings is 2. The van der Waals surface area contributed by atoms with Crippen LogP contribution in [0.4, 0.5) is 11.4 Å². The van der Waals surface area contributed by atoms with Gasteiger partial charge in [0.2, 0.25) is 11.8 Å². The molecule has 0 fully saturated rings. The molecule has 0 radical (unpaired) electrons. The van der Waals surface area contributed by atoms with Gasteiger partial charge >= 0.3 is 11.9 Å². The van der Waals surface area contributed by atoms with Crippen molar-refractivity contribution in [3.05, 3.63) is 58.7 Å². The number of likely N-dealkylation sites (N-methyl/N-ethyl adjacent to an activating group) is 2. The van der Waals surface area contributed by atoms with E-state index in [2.05, 4.69) is 20.1 Å². The normalized spacial score (nSPS) is 12.1. The van der Waals surface area contributed by atoms with Gasteiger partial charge in [-0.25, -0.2) is 0 Å². The zero-order valence-electron chi connectivity index (χ0n) is 21.5. The molecule has 2 amide bonds. The lowest BCUT2D eigenvalue weighted by molar-refractivity contribution is -0.142. The van der Waals surface area contributed by atoms with E-state index in [0.29, 0.717) is 11.4 Å². The zero-order chi connectivity index (χ0) is 28.0. The van der Waals surface area contributed by atoms with Crippen molar-refractivity contribution >= 4 is 46.7 Å². The maximum Gasteiger partial charge on any atom is 0.319 e. The van der Waals surface area contributed by atoms with Gasteiger partial charge in [0.05, 0.1) is 40.4 Å². The van der Waals surface area contributed by atoms with E-state index < -0.39 is 35.3 Å². The van der Waals surface area contributed by atoms with Gasteiger partial charge in [0.1, 0.15) is 0 Å². The van der Waals surface area contributed by atoms with Gasteiger partial charge in [0.15, 0.2) is 11.6 Å². The molecule has 0 atom stereocenters. The Morgan fingerprint density at radius 3 is 1.34 bits per heavy atom. The fourth-order valence-electron chi connectivity index (χ4n) is 3.88. The van der Waals surface area contributed by atoms with Gasteiger partial charge in [0, 0.05) is 33.6 Å². The van der Waals surface area contributed by atoms with E-state index in [1.165, 1.54) is 60.4 Å². The number of amides is 2. The molecule has 0 saturated heterocycles. The molecule has 0 spiro atoms. The van der Waals surface area contributed by atoms with Gasteiger partial charge in [-0.3, -0.25) is 38.6 Å². The van der Waals surface area contributed by atoms with E-state index in [-0.39, 0.29) is 48.4 Å². The van der Waals surface area contributed by atoms with Crippen LogP contribution in [0, 0.1) is 0 Å². The molecule has 0 saturated carbocycles. The Balaban J connectivity index is 1.71. The molecule has 1 aliphatic rings. The number of carbonyl (C=O) groups excluding carboxylic acids is 6. The summed E-state index contributed by atoms with van der Waals surface area (Å²) < 4.78 is 9.14. The average molecular weight is 525 g/mol. The van der Waals surface area contributed by atoms with Crippen LogP contribution < -0.4 is 10.6 Å². The Morgan fingerprint density at radius 2 is 1.00 bits per heavy atom. The quantitative estimate of drug-likeness (QED) is 0.360. The molecular weight excluding hydrogens is 496 g/mol. The summed E-state index contributed by atoms with van der Waals surface area (Å²) in [5, 5.41) is 5.32. The number of ketones is 2. The van der Waals surface area contributed by atoms with Gasteiger partial charge in [0.25, 0.3) is 0 Å². The minimum absolute atomic E-state index is 0.0650. The largest absolute Gasteiger partial charge is 0.468 e. The fraction of sp³-hybridized carbons (Fsp3) is 0.308. The highest BCUT2D eigenvalue weighted by Gasteiger charge is 2.30. The maximum absolute atomic E-state index is 13.2. The number of ether oxygens (including phenoxy) is 2. The maximum atomic E-state index is 13.2.